The maximum absolute atomic E-state index is 14.2. The van der Waals surface area contributed by atoms with Crippen LogP contribution in [0, 0.1) is 5.92 Å². The van der Waals surface area contributed by atoms with Crippen molar-refractivity contribution >= 4 is 27.5 Å². The molecule has 0 aromatic heterocycles. The lowest BCUT2D eigenvalue weighted by atomic mass is 10.1. The van der Waals surface area contributed by atoms with Gasteiger partial charge in [0, 0.05) is 13.1 Å². The van der Waals surface area contributed by atoms with Crippen LogP contribution in [0.25, 0.3) is 0 Å². The number of methoxy groups -OCH3 is 1. The summed E-state index contributed by atoms with van der Waals surface area (Å²) in [5.41, 5.74) is 1.99. The van der Waals surface area contributed by atoms with E-state index in [1.165, 1.54) is 21.3 Å². The number of nitrogens with one attached hydrogen (secondary N) is 1. The summed E-state index contributed by atoms with van der Waals surface area (Å²) in [5.74, 6) is 0.0991. The first-order chi connectivity index (χ1) is 19.6. The molecule has 3 aromatic carbocycles. The molecule has 0 aliphatic rings. The highest BCUT2D eigenvalue weighted by atomic mass is 32.2. The molecule has 0 saturated heterocycles. The standard InChI is InChI=1S/C32H41N3O5S/c1-6-26-15-11-12-19-30(26)35(41(38,39)28-17-9-8-10-18-28)23-31(36)34(22-25-14-13-16-27(20-25)40-5)29(7-2)32(37)33-21-24(3)4/h8-20,24,29H,6-7,21-23H2,1-5H3,(H,33,37)/t29-/m1/s1. The van der Waals surface area contributed by atoms with Gasteiger partial charge in [-0.2, -0.15) is 0 Å². The average molecular weight is 580 g/mol. The Hall–Kier alpha value is -3.85. The van der Waals surface area contributed by atoms with Gasteiger partial charge in [-0.15, -0.1) is 0 Å². The van der Waals surface area contributed by atoms with Crippen molar-refractivity contribution in [3.05, 3.63) is 90.0 Å². The molecule has 0 spiro atoms. The number of carbonyl (C=O) groups excluding carboxylic acids is 2. The molecular weight excluding hydrogens is 538 g/mol. The van der Waals surface area contributed by atoms with E-state index in [2.05, 4.69) is 5.32 Å². The molecular formula is C32H41N3O5S. The Bertz CT molecular complexity index is 1410. The Morgan fingerprint density at radius 3 is 2.24 bits per heavy atom. The van der Waals surface area contributed by atoms with Crippen LogP contribution in [0.4, 0.5) is 5.69 Å². The summed E-state index contributed by atoms with van der Waals surface area (Å²) >= 11 is 0. The first-order valence-electron chi connectivity index (χ1n) is 14.0. The fourth-order valence-electron chi connectivity index (χ4n) is 4.60. The van der Waals surface area contributed by atoms with E-state index < -0.39 is 28.5 Å². The lowest BCUT2D eigenvalue weighted by Crippen LogP contribution is -2.52. The Balaban J connectivity index is 2.08. The summed E-state index contributed by atoms with van der Waals surface area (Å²) in [7, 11) is -2.54. The molecule has 3 aromatic rings. The number of carbonyl (C=O) groups is 2. The number of hydrogen-bond acceptors (Lipinski definition) is 5. The Labute approximate surface area is 244 Å². The first-order valence-corrected chi connectivity index (χ1v) is 15.4. The zero-order valence-electron chi connectivity index (χ0n) is 24.5. The summed E-state index contributed by atoms with van der Waals surface area (Å²) in [5, 5.41) is 2.95. The highest BCUT2D eigenvalue weighted by Crippen LogP contribution is 2.28. The molecule has 0 fully saturated rings. The summed E-state index contributed by atoms with van der Waals surface area (Å²) in [6.45, 7) is 7.89. The van der Waals surface area contributed by atoms with Gasteiger partial charge in [0.2, 0.25) is 11.8 Å². The molecule has 1 atom stereocenters. The third-order valence-corrected chi connectivity index (χ3v) is 8.58. The fraction of sp³-hybridized carbons (Fsp3) is 0.375. The van der Waals surface area contributed by atoms with Crippen LogP contribution in [0.2, 0.25) is 0 Å². The highest BCUT2D eigenvalue weighted by molar-refractivity contribution is 7.92. The number of aryl methyl sites for hydroxylation is 1. The maximum atomic E-state index is 14.2. The molecule has 2 amide bonds. The molecule has 9 heteroatoms. The van der Waals surface area contributed by atoms with Gasteiger partial charge >= 0.3 is 0 Å². The van der Waals surface area contributed by atoms with Crippen LogP contribution in [0.5, 0.6) is 5.75 Å². The van der Waals surface area contributed by atoms with Crippen LogP contribution in [0.3, 0.4) is 0 Å². The van der Waals surface area contributed by atoms with Crippen LogP contribution in [0.1, 0.15) is 45.2 Å². The topological polar surface area (TPSA) is 96.0 Å². The van der Waals surface area contributed by atoms with Crippen molar-refractivity contribution in [3.8, 4) is 5.75 Å². The van der Waals surface area contributed by atoms with E-state index in [0.29, 0.717) is 30.8 Å². The highest BCUT2D eigenvalue weighted by Gasteiger charge is 2.34. The van der Waals surface area contributed by atoms with Gasteiger partial charge in [-0.25, -0.2) is 8.42 Å². The molecule has 3 rings (SSSR count). The van der Waals surface area contributed by atoms with Crippen molar-refractivity contribution in [2.75, 3.05) is 24.5 Å². The van der Waals surface area contributed by atoms with E-state index in [-0.39, 0.29) is 23.3 Å². The van der Waals surface area contributed by atoms with Gasteiger partial charge in [0.05, 0.1) is 17.7 Å². The minimum Gasteiger partial charge on any atom is -0.497 e. The number of hydrogen-bond donors (Lipinski definition) is 1. The van der Waals surface area contributed by atoms with Gasteiger partial charge in [-0.3, -0.25) is 13.9 Å². The third-order valence-electron chi connectivity index (χ3n) is 6.81. The molecule has 41 heavy (non-hydrogen) atoms. The van der Waals surface area contributed by atoms with Gasteiger partial charge in [-0.1, -0.05) is 76.2 Å². The number of para-hydroxylation sites is 1. The molecule has 0 unspecified atom stereocenters. The van der Waals surface area contributed by atoms with Crippen molar-refractivity contribution in [1.82, 2.24) is 10.2 Å². The van der Waals surface area contributed by atoms with Crippen LogP contribution in [0.15, 0.2) is 83.8 Å². The monoisotopic (exact) mass is 579 g/mol. The molecule has 0 bridgehead atoms. The summed E-state index contributed by atoms with van der Waals surface area (Å²) in [4.78, 5) is 29.1. The van der Waals surface area contributed by atoms with Crippen LogP contribution < -0.4 is 14.4 Å². The normalized spacial score (nSPS) is 12.0. The van der Waals surface area contributed by atoms with E-state index in [0.717, 1.165) is 11.1 Å². The fourth-order valence-corrected chi connectivity index (χ4v) is 6.07. The lowest BCUT2D eigenvalue weighted by molar-refractivity contribution is -0.140. The number of anilines is 1. The van der Waals surface area contributed by atoms with E-state index in [4.69, 9.17) is 4.74 Å². The molecule has 220 valence electrons. The molecule has 8 nitrogen and oxygen atoms in total. The van der Waals surface area contributed by atoms with Gasteiger partial charge in [0.15, 0.2) is 0 Å². The van der Waals surface area contributed by atoms with Crippen molar-refractivity contribution in [2.45, 2.75) is 58.0 Å². The molecule has 0 aliphatic heterocycles. The zero-order valence-corrected chi connectivity index (χ0v) is 25.4. The largest absolute Gasteiger partial charge is 0.497 e. The maximum Gasteiger partial charge on any atom is 0.264 e. The van der Waals surface area contributed by atoms with Crippen molar-refractivity contribution in [2.24, 2.45) is 5.92 Å². The number of amides is 2. The minimum absolute atomic E-state index is 0.0831. The third kappa shape index (κ3) is 8.10. The first kappa shape index (κ1) is 31.7. The van der Waals surface area contributed by atoms with Gasteiger partial charge in [0.25, 0.3) is 10.0 Å². The Morgan fingerprint density at radius 2 is 1.61 bits per heavy atom. The minimum atomic E-state index is -4.11. The lowest BCUT2D eigenvalue weighted by Gasteiger charge is -2.34. The second-order valence-electron chi connectivity index (χ2n) is 10.2. The van der Waals surface area contributed by atoms with Crippen molar-refractivity contribution in [3.63, 3.8) is 0 Å². The second-order valence-corrected chi connectivity index (χ2v) is 12.1. The summed E-state index contributed by atoms with van der Waals surface area (Å²) in [6.07, 6.45) is 0.935. The molecule has 1 N–H and O–H groups in total. The number of ether oxygens (including phenoxy) is 1. The number of benzene rings is 3. The van der Waals surface area contributed by atoms with E-state index >= 15 is 0 Å². The van der Waals surface area contributed by atoms with Crippen LogP contribution in [-0.2, 0) is 32.6 Å². The number of rotatable bonds is 14. The Kier molecular flexibility index (Phi) is 11.3. The SMILES string of the molecule is CCc1ccccc1N(CC(=O)N(Cc1cccc(OC)c1)[C@H](CC)C(=O)NCC(C)C)S(=O)(=O)c1ccccc1. The number of nitrogens with zero attached hydrogens (tertiary/aromatic N) is 2. The zero-order chi connectivity index (χ0) is 30.0. The smallest absolute Gasteiger partial charge is 0.264 e. The molecule has 0 radical (unpaired) electrons. The van der Waals surface area contributed by atoms with Gasteiger partial charge in [0.1, 0.15) is 18.3 Å². The van der Waals surface area contributed by atoms with Crippen LogP contribution in [-0.4, -0.2) is 51.4 Å². The quantitative estimate of drug-likeness (QED) is 0.289. The molecule has 0 aliphatic carbocycles. The van der Waals surface area contributed by atoms with E-state index in [1.807, 2.05) is 58.0 Å². The van der Waals surface area contributed by atoms with E-state index in [1.54, 1.807) is 43.5 Å². The summed E-state index contributed by atoms with van der Waals surface area (Å²) < 4.78 is 34.6. The van der Waals surface area contributed by atoms with Crippen molar-refractivity contribution < 1.29 is 22.7 Å². The average Bonchev–Trinajstić information content (AvgIpc) is 2.99. The summed E-state index contributed by atoms with van der Waals surface area (Å²) in [6, 6.07) is 21.7. The van der Waals surface area contributed by atoms with Crippen LogP contribution >= 0.6 is 0 Å². The predicted molar refractivity (Wildman–Crippen MR) is 162 cm³/mol. The van der Waals surface area contributed by atoms with Gasteiger partial charge in [-0.05, 0) is 60.2 Å². The second kappa shape index (κ2) is 14.7. The van der Waals surface area contributed by atoms with Gasteiger partial charge < -0.3 is 15.0 Å². The number of sulfonamides is 1. The Morgan fingerprint density at radius 1 is 0.927 bits per heavy atom. The molecule has 0 saturated carbocycles. The predicted octanol–water partition coefficient (Wildman–Crippen LogP) is 5.03. The van der Waals surface area contributed by atoms with Crippen molar-refractivity contribution in [1.29, 1.82) is 0 Å². The molecule has 0 heterocycles. The van der Waals surface area contributed by atoms with E-state index in [9.17, 15) is 18.0 Å².